The fourth-order valence-corrected chi connectivity index (χ4v) is 0.716. The van der Waals surface area contributed by atoms with Gasteiger partial charge in [0.2, 0.25) is 0 Å². The maximum Gasteiger partial charge on any atom is 0.166 e. The number of rotatable bonds is 1. The molecular weight excluding hydrogens is 128 g/mol. The Morgan fingerprint density at radius 1 is 1.60 bits per heavy atom. The summed E-state index contributed by atoms with van der Waals surface area (Å²) in [5.41, 5.74) is 6.51. The van der Waals surface area contributed by atoms with Crippen LogP contribution in [0, 0.1) is 6.92 Å². The fourth-order valence-electron chi connectivity index (χ4n) is 0.716. The van der Waals surface area contributed by atoms with Crippen molar-refractivity contribution >= 4 is 5.82 Å². The van der Waals surface area contributed by atoms with E-state index in [1.807, 2.05) is 13.0 Å². The highest BCUT2D eigenvalue weighted by Crippen LogP contribution is 2.17. The Bertz CT molecular complexity index is 235. The molecule has 3 nitrogen and oxygen atoms in total. The van der Waals surface area contributed by atoms with Gasteiger partial charge in [-0.1, -0.05) is 0 Å². The van der Waals surface area contributed by atoms with E-state index >= 15 is 0 Å². The van der Waals surface area contributed by atoms with Crippen molar-refractivity contribution in [1.82, 2.24) is 4.98 Å². The predicted octanol–water partition coefficient (Wildman–Crippen LogP) is 0.981. The molecule has 0 spiro atoms. The van der Waals surface area contributed by atoms with Crippen LogP contribution in [0.15, 0.2) is 12.3 Å². The van der Waals surface area contributed by atoms with Crippen molar-refractivity contribution in [3.8, 4) is 5.75 Å². The summed E-state index contributed by atoms with van der Waals surface area (Å²) in [6, 6.07) is 1.85. The second-order valence-corrected chi connectivity index (χ2v) is 2.10. The standard InChI is InChI=1S/C7H10N2O/c1-5-3-6(10-2)7(8)9-4-5/h3-4H,1-2H3,(H2,8,9). The van der Waals surface area contributed by atoms with E-state index in [1.54, 1.807) is 13.3 Å². The van der Waals surface area contributed by atoms with Gasteiger partial charge in [-0.3, -0.25) is 0 Å². The molecule has 0 saturated carbocycles. The van der Waals surface area contributed by atoms with E-state index in [0.29, 0.717) is 11.6 Å². The van der Waals surface area contributed by atoms with E-state index in [9.17, 15) is 0 Å². The third-order valence-corrected chi connectivity index (χ3v) is 1.24. The first-order valence-corrected chi connectivity index (χ1v) is 3.00. The first-order valence-electron chi connectivity index (χ1n) is 3.00. The highest BCUT2D eigenvalue weighted by molar-refractivity contribution is 5.46. The molecule has 0 bridgehead atoms. The third kappa shape index (κ3) is 1.18. The number of methoxy groups -OCH3 is 1. The van der Waals surface area contributed by atoms with E-state index in [1.165, 1.54) is 0 Å². The van der Waals surface area contributed by atoms with Gasteiger partial charge >= 0.3 is 0 Å². The first-order chi connectivity index (χ1) is 4.74. The minimum atomic E-state index is 0.438. The molecule has 1 heterocycles. The number of anilines is 1. The monoisotopic (exact) mass is 138 g/mol. The van der Waals surface area contributed by atoms with Gasteiger partial charge in [0.1, 0.15) is 0 Å². The lowest BCUT2D eigenvalue weighted by Crippen LogP contribution is -1.95. The van der Waals surface area contributed by atoms with Crippen molar-refractivity contribution < 1.29 is 4.74 Å². The van der Waals surface area contributed by atoms with E-state index in [-0.39, 0.29) is 0 Å². The maximum absolute atomic E-state index is 5.46. The SMILES string of the molecule is COc1cc(C)cnc1N. The molecule has 10 heavy (non-hydrogen) atoms. The molecule has 0 aliphatic carbocycles. The maximum atomic E-state index is 5.46. The second kappa shape index (κ2) is 2.56. The normalized spacial score (nSPS) is 9.40. The Labute approximate surface area is 59.8 Å². The van der Waals surface area contributed by atoms with Gasteiger partial charge in [0.25, 0.3) is 0 Å². The summed E-state index contributed by atoms with van der Waals surface area (Å²) >= 11 is 0. The molecule has 0 saturated heterocycles. The summed E-state index contributed by atoms with van der Waals surface area (Å²) in [4.78, 5) is 3.90. The number of hydrogen-bond donors (Lipinski definition) is 1. The molecule has 0 atom stereocenters. The molecule has 0 unspecified atom stereocenters. The number of ether oxygens (including phenoxy) is 1. The van der Waals surface area contributed by atoms with Crippen LogP contribution in [-0.2, 0) is 0 Å². The van der Waals surface area contributed by atoms with Gasteiger partial charge in [0.15, 0.2) is 11.6 Å². The van der Waals surface area contributed by atoms with E-state index in [0.717, 1.165) is 5.56 Å². The van der Waals surface area contributed by atoms with E-state index in [2.05, 4.69) is 4.98 Å². The summed E-state index contributed by atoms with van der Waals surface area (Å²) in [5, 5.41) is 0. The fraction of sp³-hybridized carbons (Fsp3) is 0.286. The Balaban J connectivity index is 3.09. The zero-order chi connectivity index (χ0) is 7.56. The molecule has 0 amide bonds. The van der Waals surface area contributed by atoms with Crippen LogP contribution in [-0.4, -0.2) is 12.1 Å². The average molecular weight is 138 g/mol. The summed E-state index contributed by atoms with van der Waals surface area (Å²) in [6.07, 6.45) is 1.71. The van der Waals surface area contributed by atoms with Crippen molar-refractivity contribution in [1.29, 1.82) is 0 Å². The number of nitrogens with zero attached hydrogens (tertiary/aromatic N) is 1. The molecule has 0 aliphatic heterocycles. The van der Waals surface area contributed by atoms with Crippen molar-refractivity contribution in [3.05, 3.63) is 17.8 Å². The molecule has 0 aliphatic rings. The van der Waals surface area contributed by atoms with Gasteiger partial charge in [0, 0.05) is 6.20 Å². The van der Waals surface area contributed by atoms with Crippen LogP contribution in [0.25, 0.3) is 0 Å². The molecule has 0 fully saturated rings. The van der Waals surface area contributed by atoms with Crippen LogP contribution in [0.1, 0.15) is 5.56 Å². The Kier molecular flexibility index (Phi) is 1.76. The minimum Gasteiger partial charge on any atom is -0.493 e. The number of nitrogen functional groups attached to an aromatic ring is 1. The van der Waals surface area contributed by atoms with E-state index < -0.39 is 0 Å². The van der Waals surface area contributed by atoms with Gasteiger partial charge in [-0.15, -0.1) is 0 Å². The Hall–Kier alpha value is -1.25. The minimum absolute atomic E-state index is 0.438. The van der Waals surface area contributed by atoms with Crippen LogP contribution in [0.4, 0.5) is 5.82 Å². The molecule has 0 aromatic carbocycles. The lowest BCUT2D eigenvalue weighted by Gasteiger charge is -2.02. The van der Waals surface area contributed by atoms with Crippen molar-refractivity contribution in [2.24, 2.45) is 0 Å². The summed E-state index contributed by atoms with van der Waals surface area (Å²) in [6.45, 7) is 1.94. The van der Waals surface area contributed by atoms with Crippen LogP contribution in [0.5, 0.6) is 5.75 Å². The van der Waals surface area contributed by atoms with Crippen molar-refractivity contribution in [3.63, 3.8) is 0 Å². The Morgan fingerprint density at radius 3 is 2.80 bits per heavy atom. The van der Waals surface area contributed by atoms with Gasteiger partial charge < -0.3 is 10.5 Å². The lowest BCUT2D eigenvalue weighted by molar-refractivity contribution is 0.415. The smallest absolute Gasteiger partial charge is 0.166 e. The van der Waals surface area contributed by atoms with Crippen LogP contribution >= 0.6 is 0 Å². The third-order valence-electron chi connectivity index (χ3n) is 1.24. The topological polar surface area (TPSA) is 48.1 Å². The van der Waals surface area contributed by atoms with Gasteiger partial charge in [0.05, 0.1) is 7.11 Å². The highest BCUT2D eigenvalue weighted by Gasteiger charge is 1.97. The molecule has 1 aromatic rings. The second-order valence-electron chi connectivity index (χ2n) is 2.10. The molecule has 1 aromatic heterocycles. The van der Waals surface area contributed by atoms with Crippen LogP contribution < -0.4 is 10.5 Å². The summed E-state index contributed by atoms with van der Waals surface area (Å²) < 4.78 is 4.94. The quantitative estimate of drug-likeness (QED) is 0.629. The van der Waals surface area contributed by atoms with E-state index in [4.69, 9.17) is 10.5 Å². The predicted molar refractivity (Wildman–Crippen MR) is 39.9 cm³/mol. The first kappa shape index (κ1) is 6.86. The van der Waals surface area contributed by atoms with Crippen molar-refractivity contribution in [2.45, 2.75) is 6.92 Å². The van der Waals surface area contributed by atoms with Gasteiger partial charge in [-0.25, -0.2) is 4.98 Å². The average Bonchev–Trinajstić information content (AvgIpc) is 1.94. The number of nitrogens with two attached hydrogens (primary N) is 1. The van der Waals surface area contributed by atoms with Crippen molar-refractivity contribution in [2.75, 3.05) is 12.8 Å². The highest BCUT2D eigenvalue weighted by atomic mass is 16.5. The molecule has 54 valence electrons. The van der Waals surface area contributed by atoms with Gasteiger partial charge in [-0.2, -0.15) is 0 Å². The molecule has 3 heteroatoms. The lowest BCUT2D eigenvalue weighted by atomic mass is 10.3. The van der Waals surface area contributed by atoms with Crippen LogP contribution in [0.3, 0.4) is 0 Å². The molecule has 0 radical (unpaired) electrons. The Morgan fingerprint density at radius 2 is 2.30 bits per heavy atom. The number of pyridine rings is 1. The number of aryl methyl sites for hydroxylation is 1. The largest absolute Gasteiger partial charge is 0.493 e. The van der Waals surface area contributed by atoms with Crippen LogP contribution in [0.2, 0.25) is 0 Å². The molecule has 2 N–H and O–H groups in total. The molecular formula is C7H10N2O. The number of aromatic nitrogens is 1. The summed E-state index contributed by atoms with van der Waals surface area (Å²) in [5.74, 6) is 1.08. The summed E-state index contributed by atoms with van der Waals surface area (Å²) in [7, 11) is 1.58. The number of hydrogen-bond acceptors (Lipinski definition) is 3. The zero-order valence-electron chi connectivity index (χ0n) is 6.09. The molecule has 1 rings (SSSR count). The zero-order valence-corrected chi connectivity index (χ0v) is 6.09. The van der Waals surface area contributed by atoms with Gasteiger partial charge in [-0.05, 0) is 18.6 Å².